The summed E-state index contributed by atoms with van der Waals surface area (Å²) in [5, 5.41) is 6.60. The van der Waals surface area contributed by atoms with Crippen LogP contribution in [0.2, 0.25) is 0 Å². The molecule has 1 saturated heterocycles. The molecule has 0 radical (unpaired) electrons. The molecule has 0 aliphatic carbocycles. The zero-order valence-electron chi connectivity index (χ0n) is 25.8. The summed E-state index contributed by atoms with van der Waals surface area (Å²) in [6, 6.07) is 14.6. The third-order valence-corrected chi connectivity index (χ3v) is 9.89. The summed E-state index contributed by atoms with van der Waals surface area (Å²) >= 11 is 2.30. The van der Waals surface area contributed by atoms with E-state index in [-0.39, 0.29) is 29.0 Å². The van der Waals surface area contributed by atoms with Gasteiger partial charge in [-0.1, -0.05) is 74.3 Å². The number of amides is 2. The SMILES string of the molecule is C=C(Nc1cc(C)ccn1)S/C(=C\N)Sc1ccnc(C(=O)NCC2(c3ccccc3)CCN(C(=O)[C@@H](N)C(C)C)CC2)c1F. The zero-order valence-corrected chi connectivity index (χ0v) is 27.4. The average Bonchev–Trinajstić information content (AvgIpc) is 3.04. The fourth-order valence-corrected chi connectivity index (χ4v) is 6.90. The van der Waals surface area contributed by atoms with Crippen LogP contribution in [-0.4, -0.2) is 52.4 Å². The topological polar surface area (TPSA) is 139 Å². The number of nitrogens with one attached hydrogen (secondary N) is 2. The normalized spacial score (nSPS) is 15.4. The lowest BCUT2D eigenvalue weighted by atomic mass is 9.72. The molecule has 45 heavy (non-hydrogen) atoms. The maximum Gasteiger partial charge on any atom is 0.273 e. The van der Waals surface area contributed by atoms with E-state index in [0.29, 0.717) is 41.0 Å². The Bertz CT molecular complexity index is 1540. The second-order valence-electron chi connectivity index (χ2n) is 11.4. The van der Waals surface area contributed by atoms with Crippen molar-refractivity contribution in [1.29, 1.82) is 0 Å². The van der Waals surface area contributed by atoms with Crippen molar-refractivity contribution in [2.24, 2.45) is 17.4 Å². The van der Waals surface area contributed by atoms with Gasteiger partial charge in [-0.3, -0.25) is 9.59 Å². The van der Waals surface area contributed by atoms with Gasteiger partial charge in [-0.2, -0.15) is 0 Å². The number of rotatable bonds is 12. The van der Waals surface area contributed by atoms with Crippen molar-refractivity contribution < 1.29 is 14.0 Å². The van der Waals surface area contributed by atoms with E-state index in [0.717, 1.165) is 22.9 Å². The predicted molar refractivity (Wildman–Crippen MR) is 181 cm³/mol. The van der Waals surface area contributed by atoms with Crippen LogP contribution in [0.4, 0.5) is 10.2 Å². The number of benzene rings is 1. The van der Waals surface area contributed by atoms with E-state index in [9.17, 15) is 9.59 Å². The van der Waals surface area contributed by atoms with Gasteiger partial charge in [0.2, 0.25) is 5.91 Å². The van der Waals surface area contributed by atoms with E-state index in [2.05, 4.69) is 27.2 Å². The molecule has 1 aliphatic heterocycles. The van der Waals surface area contributed by atoms with Crippen molar-refractivity contribution in [1.82, 2.24) is 20.2 Å². The van der Waals surface area contributed by atoms with Crippen molar-refractivity contribution in [2.45, 2.75) is 50.0 Å². The average molecular weight is 650 g/mol. The summed E-state index contributed by atoms with van der Waals surface area (Å²) < 4.78 is 16.2. The number of anilines is 1. The highest BCUT2D eigenvalue weighted by atomic mass is 32.2. The molecule has 1 atom stereocenters. The molecule has 1 fully saturated rings. The highest BCUT2D eigenvalue weighted by molar-refractivity contribution is 8.24. The number of halogens is 1. The molecule has 3 aromatic rings. The number of piperidine rings is 1. The van der Waals surface area contributed by atoms with Crippen molar-refractivity contribution in [3.05, 3.63) is 106 Å². The molecule has 12 heteroatoms. The third kappa shape index (κ3) is 8.65. The Kier molecular flexibility index (Phi) is 11.7. The summed E-state index contributed by atoms with van der Waals surface area (Å²) in [4.78, 5) is 36.6. The van der Waals surface area contributed by atoms with Crippen LogP contribution in [0.3, 0.4) is 0 Å². The van der Waals surface area contributed by atoms with Gasteiger partial charge in [0.1, 0.15) is 5.82 Å². The third-order valence-electron chi connectivity index (χ3n) is 7.83. The van der Waals surface area contributed by atoms with Gasteiger partial charge >= 0.3 is 0 Å². The van der Waals surface area contributed by atoms with E-state index in [1.165, 1.54) is 30.2 Å². The summed E-state index contributed by atoms with van der Waals surface area (Å²) in [5.74, 6) is -0.752. The van der Waals surface area contributed by atoms with Gasteiger partial charge in [-0.15, -0.1) is 0 Å². The number of nitrogens with two attached hydrogens (primary N) is 2. The first-order chi connectivity index (χ1) is 21.5. The zero-order chi connectivity index (χ0) is 32.6. The van der Waals surface area contributed by atoms with E-state index < -0.39 is 23.2 Å². The van der Waals surface area contributed by atoms with Crippen LogP contribution in [-0.2, 0) is 10.2 Å². The van der Waals surface area contributed by atoms with E-state index in [4.69, 9.17) is 11.5 Å². The molecule has 0 bridgehead atoms. The standard InChI is InChI=1S/C33H40FN7O2S2/c1-21(2)29(36)32(43)41-16-12-33(13-17-41,24-8-6-5-7-9-24)20-39-31(42)30-28(34)25(11-15-38-30)45-27(19-35)44-23(4)40-26-18-22(3)10-14-37-26/h5-11,14-15,18-19,21,29H,4,12-13,16-17,20,35-36H2,1-3H3,(H,37,40)(H,39,42)/b27-19+/t29-/m0/s1. The molecule has 1 aromatic carbocycles. The molecule has 6 N–H and O–H groups in total. The Morgan fingerprint density at radius 1 is 1.13 bits per heavy atom. The molecule has 238 valence electrons. The van der Waals surface area contributed by atoms with Crippen LogP contribution in [0.1, 0.15) is 48.3 Å². The first-order valence-corrected chi connectivity index (χ1v) is 16.3. The first kappa shape index (κ1) is 34.0. The summed E-state index contributed by atoms with van der Waals surface area (Å²) in [6.07, 6.45) is 5.70. The summed E-state index contributed by atoms with van der Waals surface area (Å²) in [7, 11) is 0. The molecule has 2 amide bonds. The summed E-state index contributed by atoms with van der Waals surface area (Å²) in [6.45, 7) is 11.1. The van der Waals surface area contributed by atoms with Gasteiger partial charge in [0.25, 0.3) is 5.91 Å². The lowest BCUT2D eigenvalue weighted by Crippen LogP contribution is -2.54. The van der Waals surface area contributed by atoms with E-state index >= 15 is 4.39 Å². The first-order valence-electron chi connectivity index (χ1n) is 14.7. The van der Waals surface area contributed by atoms with Crippen LogP contribution < -0.4 is 22.1 Å². The van der Waals surface area contributed by atoms with Gasteiger partial charge in [0.15, 0.2) is 11.5 Å². The number of aromatic nitrogens is 2. The minimum atomic E-state index is -0.740. The molecule has 4 rings (SSSR count). The molecular weight excluding hydrogens is 610 g/mol. The number of nitrogens with zero attached hydrogens (tertiary/aromatic N) is 3. The van der Waals surface area contributed by atoms with Crippen LogP contribution in [0, 0.1) is 18.7 Å². The van der Waals surface area contributed by atoms with Crippen LogP contribution in [0.5, 0.6) is 0 Å². The fraction of sp³-hybridized carbons (Fsp3) is 0.333. The van der Waals surface area contributed by atoms with Crippen molar-refractivity contribution >= 4 is 41.2 Å². The summed E-state index contributed by atoms with van der Waals surface area (Å²) in [5.41, 5.74) is 13.3. The molecule has 3 heterocycles. The number of carbonyl (C=O) groups excluding carboxylic acids is 2. The molecule has 1 aliphatic rings. The number of hydrogen-bond acceptors (Lipinski definition) is 9. The number of hydrogen-bond donors (Lipinski definition) is 4. The maximum atomic E-state index is 15.7. The lowest BCUT2D eigenvalue weighted by molar-refractivity contribution is -0.135. The van der Waals surface area contributed by atoms with Gasteiger partial charge in [-0.25, -0.2) is 14.4 Å². The number of carbonyl (C=O) groups is 2. The second-order valence-corrected chi connectivity index (χ2v) is 13.8. The number of aryl methyl sites for hydroxylation is 1. The Balaban J connectivity index is 1.43. The van der Waals surface area contributed by atoms with Gasteiger partial charge in [0, 0.05) is 43.6 Å². The number of likely N-dealkylation sites (tertiary alicyclic amines) is 1. The van der Waals surface area contributed by atoms with Crippen LogP contribution in [0.15, 0.2) is 87.9 Å². The molecule has 0 unspecified atom stereocenters. The molecule has 9 nitrogen and oxygen atoms in total. The lowest BCUT2D eigenvalue weighted by Gasteiger charge is -2.43. The second kappa shape index (κ2) is 15.4. The monoisotopic (exact) mass is 649 g/mol. The van der Waals surface area contributed by atoms with Crippen LogP contribution >= 0.6 is 23.5 Å². The minimum absolute atomic E-state index is 0.0374. The fourth-order valence-electron chi connectivity index (χ4n) is 5.10. The quantitative estimate of drug-likeness (QED) is 0.191. The van der Waals surface area contributed by atoms with E-state index in [1.807, 2.05) is 63.2 Å². The maximum absolute atomic E-state index is 15.7. The highest BCUT2D eigenvalue weighted by Crippen LogP contribution is 2.39. The Hall–Kier alpha value is -3.87. The Labute approximate surface area is 272 Å². The Morgan fingerprint density at radius 2 is 1.82 bits per heavy atom. The van der Waals surface area contributed by atoms with Crippen LogP contribution in [0.25, 0.3) is 0 Å². The van der Waals surface area contributed by atoms with Gasteiger partial charge in [-0.05, 0) is 55.0 Å². The minimum Gasteiger partial charge on any atom is -0.403 e. The van der Waals surface area contributed by atoms with Crippen molar-refractivity contribution in [3.63, 3.8) is 0 Å². The molecule has 0 saturated carbocycles. The number of pyridine rings is 2. The largest absolute Gasteiger partial charge is 0.403 e. The van der Waals surface area contributed by atoms with Crippen molar-refractivity contribution in [2.75, 3.05) is 25.0 Å². The molecule has 0 spiro atoms. The van der Waals surface area contributed by atoms with Gasteiger partial charge < -0.3 is 27.0 Å². The molecule has 2 aromatic heterocycles. The van der Waals surface area contributed by atoms with E-state index in [1.54, 1.807) is 11.1 Å². The smallest absolute Gasteiger partial charge is 0.273 e. The van der Waals surface area contributed by atoms with Crippen molar-refractivity contribution in [3.8, 4) is 0 Å². The predicted octanol–water partition coefficient (Wildman–Crippen LogP) is 5.36. The number of thioether (sulfide) groups is 2. The molecular formula is C33H40FN7O2S2. The highest BCUT2D eigenvalue weighted by Gasteiger charge is 2.39. The Morgan fingerprint density at radius 3 is 2.47 bits per heavy atom. The van der Waals surface area contributed by atoms with Gasteiger partial charge in [0.05, 0.1) is 20.2 Å².